The minimum Gasteiger partial charge on any atom is -0.396 e. The van der Waals surface area contributed by atoms with Crippen LogP contribution in [-0.4, -0.2) is 26.2 Å². The first-order valence-electron chi connectivity index (χ1n) is 6.14. The first kappa shape index (κ1) is 14.0. The molecule has 0 amide bonds. The lowest BCUT2D eigenvalue weighted by atomic mass is 10.1. The van der Waals surface area contributed by atoms with Crippen molar-refractivity contribution in [1.82, 2.24) is 4.72 Å². The number of aryl methyl sites for hydroxylation is 2. The standard InChI is InChI=1S/C12H19NO3S2/c1-8-6-12(9(2)17-8)18(15,16)13-11-5-3-4-10(11)7-14/h6,10-11,13-14H,3-5,7H2,1-2H3. The van der Waals surface area contributed by atoms with Crippen LogP contribution in [0.5, 0.6) is 0 Å². The van der Waals surface area contributed by atoms with Gasteiger partial charge in [0.1, 0.15) is 0 Å². The third kappa shape index (κ3) is 2.77. The Morgan fingerprint density at radius 1 is 1.44 bits per heavy atom. The molecule has 1 fully saturated rings. The average Bonchev–Trinajstić information content (AvgIpc) is 2.84. The molecule has 1 aliphatic rings. The first-order chi connectivity index (χ1) is 8.44. The maximum Gasteiger partial charge on any atom is 0.241 e. The van der Waals surface area contributed by atoms with E-state index in [1.807, 2.05) is 13.8 Å². The van der Waals surface area contributed by atoms with Crippen molar-refractivity contribution in [2.75, 3.05) is 6.61 Å². The fraction of sp³-hybridized carbons (Fsp3) is 0.667. The van der Waals surface area contributed by atoms with Gasteiger partial charge in [0.2, 0.25) is 10.0 Å². The fourth-order valence-corrected chi connectivity index (χ4v) is 5.44. The lowest BCUT2D eigenvalue weighted by Crippen LogP contribution is -2.38. The normalized spacial score (nSPS) is 24.6. The van der Waals surface area contributed by atoms with Gasteiger partial charge in [0, 0.05) is 22.4 Å². The molecule has 2 rings (SSSR count). The van der Waals surface area contributed by atoms with Crippen molar-refractivity contribution in [3.8, 4) is 0 Å². The molecule has 0 aromatic carbocycles. The maximum absolute atomic E-state index is 12.3. The van der Waals surface area contributed by atoms with Gasteiger partial charge in [0.25, 0.3) is 0 Å². The zero-order valence-electron chi connectivity index (χ0n) is 10.6. The molecule has 1 heterocycles. The topological polar surface area (TPSA) is 66.4 Å². The van der Waals surface area contributed by atoms with Crippen LogP contribution in [0.2, 0.25) is 0 Å². The number of rotatable bonds is 4. The number of sulfonamides is 1. The van der Waals surface area contributed by atoms with Crippen LogP contribution < -0.4 is 4.72 Å². The highest BCUT2D eigenvalue weighted by molar-refractivity contribution is 7.89. The summed E-state index contributed by atoms with van der Waals surface area (Å²) in [5.41, 5.74) is 0. The molecule has 2 atom stereocenters. The molecule has 18 heavy (non-hydrogen) atoms. The summed E-state index contributed by atoms with van der Waals surface area (Å²) < 4.78 is 27.3. The summed E-state index contributed by atoms with van der Waals surface area (Å²) in [4.78, 5) is 2.20. The maximum atomic E-state index is 12.3. The van der Waals surface area contributed by atoms with Crippen molar-refractivity contribution in [2.45, 2.75) is 44.0 Å². The van der Waals surface area contributed by atoms with Crippen LogP contribution in [0, 0.1) is 19.8 Å². The largest absolute Gasteiger partial charge is 0.396 e. The molecule has 0 bridgehead atoms. The fourth-order valence-electron chi connectivity index (χ4n) is 2.55. The third-order valence-electron chi connectivity index (χ3n) is 3.49. The van der Waals surface area contributed by atoms with Crippen molar-refractivity contribution >= 4 is 21.4 Å². The molecule has 2 unspecified atom stereocenters. The number of hydrogen-bond acceptors (Lipinski definition) is 4. The molecule has 102 valence electrons. The van der Waals surface area contributed by atoms with E-state index >= 15 is 0 Å². The average molecular weight is 289 g/mol. The van der Waals surface area contributed by atoms with E-state index in [4.69, 9.17) is 0 Å². The van der Waals surface area contributed by atoms with Crippen molar-refractivity contribution in [3.63, 3.8) is 0 Å². The molecule has 6 heteroatoms. The summed E-state index contributed by atoms with van der Waals surface area (Å²) >= 11 is 1.49. The van der Waals surface area contributed by atoms with Crippen molar-refractivity contribution < 1.29 is 13.5 Å². The minimum atomic E-state index is -3.45. The van der Waals surface area contributed by atoms with Gasteiger partial charge >= 0.3 is 0 Å². The second-order valence-electron chi connectivity index (χ2n) is 4.88. The molecular formula is C12H19NO3S2. The van der Waals surface area contributed by atoms with Crippen LogP contribution in [0.25, 0.3) is 0 Å². The Morgan fingerprint density at radius 2 is 2.17 bits per heavy atom. The molecule has 0 aliphatic heterocycles. The summed E-state index contributed by atoms with van der Waals surface area (Å²) in [6, 6.07) is 1.59. The number of thiophene rings is 1. The number of aliphatic hydroxyl groups is 1. The molecule has 1 saturated carbocycles. The summed E-state index contributed by atoms with van der Waals surface area (Å²) in [7, 11) is -3.45. The van der Waals surface area contributed by atoms with Crippen LogP contribution >= 0.6 is 11.3 Å². The van der Waals surface area contributed by atoms with Crippen LogP contribution in [0.3, 0.4) is 0 Å². The molecule has 1 aromatic heterocycles. The van der Waals surface area contributed by atoms with E-state index in [0.717, 1.165) is 29.0 Å². The Balaban J connectivity index is 2.19. The highest BCUT2D eigenvalue weighted by Crippen LogP contribution is 2.29. The van der Waals surface area contributed by atoms with Crippen molar-refractivity contribution in [2.24, 2.45) is 5.92 Å². The SMILES string of the molecule is Cc1cc(S(=O)(=O)NC2CCCC2CO)c(C)s1. The van der Waals surface area contributed by atoms with Gasteiger partial charge in [0.05, 0.1) is 4.90 Å². The highest BCUT2D eigenvalue weighted by atomic mass is 32.2. The summed E-state index contributed by atoms with van der Waals surface area (Å²) in [5.74, 6) is 0.0554. The molecule has 1 aromatic rings. The number of aliphatic hydroxyl groups excluding tert-OH is 1. The van der Waals surface area contributed by atoms with Gasteiger partial charge < -0.3 is 5.11 Å². The summed E-state index contributed by atoms with van der Waals surface area (Å²) in [6.07, 6.45) is 2.68. The third-order valence-corrected chi connectivity index (χ3v) is 6.20. The van der Waals surface area contributed by atoms with E-state index in [9.17, 15) is 13.5 Å². The van der Waals surface area contributed by atoms with E-state index in [1.165, 1.54) is 11.3 Å². The van der Waals surface area contributed by atoms with Crippen molar-refractivity contribution in [3.05, 3.63) is 15.8 Å². The Kier molecular flexibility index (Phi) is 4.11. The highest BCUT2D eigenvalue weighted by Gasteiger charge is 2.31. The minimum absolute atomic E-state index is 0.0504. The molecule has 4 nitrogen and oxygen atoms in total. The van der Waals surface area contributed by atoms with Gasteiger partial charge in [-0.05, 0) is 38.7 Å². The predicted molar refractivity (Wildman–Crippen MR) is 72.3 cm³/mol. The van der Waals surface area contributed by atoms with Gasteiger partial charge in [0.15, 0.2) is 0 Å². The quantitative estimate of drug-likeness (QED) is 0.888. The number of nitrogens with one attached hydrogen (secondary N) is 1. The van der Waals surface area contributed by atoms with E-state index in [2.05, 4.69) is 4.72 Å². The van der Waals surface area contributed by atoms with Crippen LogP contribution in [0.4, 0.5) is 0 Å². The van der Waals surface area contributed by atoms with E-state index in [0.29, 0.717) is 4.90 Å². The Morgan fingerprint density at radius 3 is 2.72 bits per heavy atom. The zero-order valence-corrected chi connectivity index (χ0v) is 12.3. The Hall–Kier alpha value is -0.430. The second-order valence-corrected chi connectivity index (χ2v) is 8.02. The van der Waals surface area contributed by atoms with Gasteiger partial charge in [-0.25, -0.2) is 13.1 Å². The smallest absolute Gasteiger partial charge is 0.241 e. The molecular weight excluding hydrogens is 270 g/mol. The lowest BCUT2D eigenvalue weighted by Gasteiger charge is -2.18. The van der Waals surface area contributed by atoms with Gasteiger partial charge in [-0.2, -0.15) is 0 Å². The molecule has 0 spiro atoms. The van der Waals surface area contributed by atoms with E-state index in [-0.39, 0.29) is 18.6 Å². The molecule has 0 saturated heterocycles. The van der Waals surface area contributed by atoms with Crippen LogP contribution in [0.15, 0.2) is 11.0 Å². The summed E-state index contributed by atoms with van der Waals surface area (Å²) in [5, 5.41) is 9.23. The lowest BCUT2D eigenvalue weighted by molar-refractivity contribution is 0.213. The number of hydrogen-bond donors (Lipinski definition) is 2. The Labute approximate surface area is 112 Å². The Bertz CT molecular complexity index is 521. The van der Waals surface area contributed by atoms with E-state index < -0.39 is 10.0 Å². The summed E-state index contributed by atoms with van der Waals surface area (Å²) in [6.45, 7) is 3.78. The monoisotopic (exact) mass is 289 g/mol. The van der Waals surface area contributed by atoms with Crippen LogP contribution in [0.1, 0.15) is 29.0 Å². The van der Waals surface area contributed by atoms with Gasteiger partial charge in [-0.3, -0.25) is 0 Å². The molecule has 1 aliphatic carbocycles. The molecule has 0 radical (unpaired) electrons. The zero-order chi connectivity index (χ0) is 13.3. The van der Waals surface area contributed by atoms with Gasteiger partial charge in [-0.1, -0.05) is 6.42 Å². The van der Waals surface area contributed by atoms with E-state index in [1.54, 1.807) is 6.07 Å². The molecule has 2 N–H and O–H groups in total. The predicted octanol–water partition coefficient (Wildman–Crippen LogP) is 1.80. The van der Waals surface area contributed by atoms with Gasteiger partial charge in [-0.15, -0.1) is 11.3 Å². The first-order valence-corrected chi connectivity index (χ1v) is 8.44. The second kappa shape index (κ2) is 5.28. The van der Waals surface area contributed by atoms with Crippen molar-refractivity contribution in [1.29, 1.82) is 0 Å². The van der Waals surface area contributed by atoms with Crippen LogP contribution in [-0.2, 0) is 10.0 Å².